The molecular weight excluding hydrogens is 433 g/mol. The van der Waals surface area contributed by atoms with Gasteiger partial charge in [0.15, 0.2) is 5.78 Å². The third-order valence-electron chi connectivity index (χ3n) is 5.42. The first-order valence-electron chi connectivity index (χ1n) is 9.87. The Balaban J connectivity index is 1.36. The van der Waals surface area contributed by atoms with E-state index in [1.54, 1.807) is 30.5 Å². The van der Waals surface area contributed by atoms with Gasteiger partial charge in [0.2, 0.25) is 5.16 Å². The van der Waals surface area contributed by atoms with E-state index in [1.807, 2.05) is 0 Å². The first-order valence-corrected chi connectivity index (χ1v) is 10.9. The number of halogens is 1. The lowest BCUT2D eigenvalue weighted by Crippen LogP contribution is -2.21. The third-order valence-corrected chi connectivity index (χ3v) is 6.33. The Bertz CT molecular complexity index is 1340. The summed E-state index contributed by atoms with van der Waals surface area (Å²) in [7, 11) is 0. The number of Topliss-reactive ketones (excluding diaryl/α,β-unsaturated/α-hetero) is 1. The molecular formula is C22H16FN5O3S. The molecule has 0 fully saturated rings. The molecule has 0 unspecified atom stereocenters. The average molecular weight is 449 g/mol. The number of benzene rings is 2. The van der Waals surface area contributed by atoms with Crippen LogP contribution in [0.5, 0.6) is 0 Å². The fourth-order valence-electron chi connectivity index (χ4n) is 3.76. The molecule has 160 valence electrons. The largest absolute Gasteiger partial charge is 0.294 e. The number of aromatic nitrogens is 4. The molecule has 32 heavy (non-hydrogen) atoms. The summed E-state index contributed by atoms with van der Waals surface area (Å²) < 4.78 is 14.7. The van der Waals surface area contributed by atoms with Gasteiger partial charge in [0.25, 0.3) is 11.5 Å². The van der Waals surface area contributed by atoms with Gasteiger partial charge in [0, 0.05) is 30.5 Å². The number of nitro groups is 1. The van der Waals surface area contributed by atoms with Crippen molar-refractivity contribution in [2.75, 3.05) is 0 Å². The van der Waals surface area contributed by atoms with Gasteiger partial charge in [-0.25, -0.2) is 13.9 Å². The Morgan fingerprint density at radius 1 is 1.09 bits per heavy atom. The van der Waals surface area contributed by atoms with Gasteiger partial charge < -0.3 is 0 Å². The second-order valence-corrected chi connectivity index (χ2v) is 8.47. The fourth-order valence-corrected chi connectivity index (χ4v) is 4.54. The minimum atomic E-state index is -0.435. The van der Waals surface area contributed by atoms with Crippen LogP contribution in [0.3, 0.4) is 0 Å². The summed E-state index contributed by atoms with van der Waals surface area (Å²) in [6, 6.07) is 12.6. The topological polar surface area (TPSA) is 103 Å². The summed E-state index contributed by atoms with van der Waals surface area (Å²) in [6.45, 7) is 0. The molecule has 0 spiro atoms. The number of hydrogen-bond donors (Lipinski definition) is 0. The van der Waals surface area contributed by atoms with Crippen molar-refractivity contribution in [3.05, 3.63) is 93.0 Å². The first kappa shape index (κ1) is 20.3. The highest BCUT2D eigenvalue weighted by atomic mass is 32.2. The van der Waals surface area contributed by atoms with Crippen molar-refractivity contribution in [2.24, 2.45) is 0 Å². The number of fused-ring (bicyclic) bond motifs is 2. The summed E-state index contributed by atoms with van der Waals surface area (Å²) >= 11 is 1.38. The van der Waals surface area contributed by atoms with Gasteiger partial charge in [-0.3, -0.25) is 14.9 Å². The van der Waals surface area contributed by atoms with Crippen molar-refractivity contribution in [1.29, 1.82) is 0 Å². The summed E-state index contributed by atoms with van der Waals surface area (Å²) in [6.07, 6.45) is 2.58. The SMILES string of the molecule is O=C1C[C@H](c2ccc(F)cc2)Cc2nc3nc(SCc4ccc([N+](=O)[O-])cc4)nn3cc21. The molecule has 1 aliphatic carbocycles. The lowest BCUT2D eigenvalue weighted by molar-refractivity contribution is -0.384. The number of nitro benzene ring substituents is 1. The van der Waals surface area contributed by atoms with E-state index in [-0.39, 0.29) is 23.2 Å². The van der Waals surface area contributed by atoms with Gasteiger partial charge in [-0.1, -0.05) is 36.0 Å². The number of nitrogens with zero attached hydrogens (tertiary/aromatic N) is 5. The van der Waals surface area contributed by atoms with Gasteiger partial charge in [-0.05, 0) is 35.6 Å². The normalized spacial score (nSPS) is 15.7. The lowest BCUT2D eigenvalue weighted by atomic mass is 9.82. The molecule has 1 atom stereocenters. The van der Waals surface area contributed by atoms with E-state index in [2.05, 4.69) is 15.1 Å². The van der Waals surface area contributed by atoms with Crippen LogP contribution in [0.2, 0.25) is 0 Å². The highest BCUT2D eigenvalue weighted by Crippen LogP contribution is 2.32. The lowest BCUT2D eigenvalue weighted by Gasteiger charge is -2.23. The van der Waals surface area contributed by atoms with Gasteiger partial charge in [0.1, 0.15) is 5.82 Å². The number of rotatable bonds is 5. The average Bonchev–Trinajstić information content (AvgIpc) is 3.19. The Labute approximate surface area is 185 Å². The molecule has 1 aliphatic rings. The van der Waals surface area contributed by atoms with Crippen LogP contribution in [0, 0.1) is 15.9 Å². The van der Waals surface area contributed by atoms with Crippen molar-refractivity contribution in [3.63, 3.8) is 0 Å². The number of ketones is 1. The van der Waals surface area contributed by atoms with Crippen LogP contribution in [0.25, 0.3) is 5.78 Å². The van der Waals surface area contributed by atoms with E-state index in [4.69, 9.17) is 0 Å². The van der Waals surface area contributed by atoms with Crippen LogP contribution in [0.15, 0.2) is 59.9 Å². The zero-order chi connectivity index (χ0) is 22.2. The van der Waals surface area contributed by atoms with Crippen LogP contribution in [-0.2, 0) is 12.2 Å². The third kappa shape index (κ3) is 3.96. The van der Waals surface area contributed by atoms with Crippen molar-refractivity contribution >= 4 is 29.0 Å². The maximum Gasteiger partial charge on any atom is 0.269 e. The molecule has 0 aliphatic heterocycles. The molecule has 2 heterocycles. The summed E-state index contributed by atoms with van der Waals surface area (Å²) in [4.78, 5) is 32.1. The molecule has 0 saturated heterocycles. The minimum Gasteiger partial charge on any atom is -0.294 e. The Morgan fingerprint density at radius 2 is 1.84 bits per heavy atom. The Hall–Kier alpha value is -3.66. The van der Waals surface area contributed by atoms with E-state index in [0.717, 1.165) is 11.1 Å². The van der Waals surface area contributed by atoms with E-state index in [0.29, 0.717) is 40.8 Å². The molecule has 8 nitrogen and oxygen atoms in total. The standard InChI is InChI=1S/C22H16FN5O3S/c23-16-5-3-14(4-6-16)15-9-19-18(20(29)10-15)11-27-21(24-19)25-22(26-27)32-12-13-1-7-17(8-2-13)28(30)31/h1-8,11,15H,9-10,12H2/t15-/m1/s1. The zero-order valence-electron chi connectivity index (χ0n) is 16.6. The molecule has 2 aromatic heterocycles. The highest BCUT2D eigenvalue weighted by molar-refractivity contribution is 7.98. The fraction of sp³-hybridized carbons (Fsp3) is 0.182. The summed E-state index contributed by atoms with van der Waals surface area (Å²) in [5, 5.41) is 15.7. The Morgan fingerprint density at radius 3 is 2.56 bits per heavy atom. The molecule has 0 amide bonds. The van der Waals surface area contributed by atoms with Crippen LogP contribution >= 0.6 is 11.8 Å². The number of hydrogen-bond acceptors (Lipinski definition) is 7. The van der Waals surface area contributed by atoms with Crippen LogP contribution in [0.1, 0.15) is 39.5 Å². The second-order valence-electron chi connectivity index (χ2n) is 7.53. The number of carbonyl (C=O) groups excluding carboxylic acids is 1. The molecule has 0 bridgehead atoms. The molecule has 0 N–H and O–H groups in total. The predicted molar refractivity (Wildman–Crippen MR) is 115 cm³/mol. The van der Waals surface area contributed by atoms with E-state index < -0.39 is 4.92 Å². The van der Waals surface area contributed by atoms with Crippen molar-refractivity contribution in [3.8, 4) is 0 Å². The van der Waals surface area contributed by atoms with Gasteiger partial charge in [-0.2, -0.15) is 4.98 Å². The number of carbonyl (C=O) groups is 1. The van der Waals surface area contributed by atoms with Crippen molar-refractivity contribution in [1.82, 2.24) is 19.6 Å². The van der Waals surface area contributed by atoms with Gasteiger partial charge in [-0.15, -0.1) is 5.10 Å². The van der Waals surface area contributed by atoms with E-state index in [1.165, 1.54) is 40.5 Å². The highest BCUT2D eigenvalue weighted by Gasteiger charge is 2.28. The van der Waals surface area contributed by atoms with E-state index in [9.17, 15) is 19.3 Å². The second kappa shape index (κ2) is 8.12. The van der Waals surface area contributed by atoms with Gasteiger partial charge >= 0.3 is 0 Å². The maximum absolute atomic E-state index is 13.2. The number of non-ortho nitro benzene ring substituents is 1. The summed E-state index contributed by atoms with van der Waals surface area (Å²) in [5.41, 5.74) is 3.06. The zero-order valence-corrected chi connectivity index (χ0v) is 17.5. The molecule has 10 heteroatoms. The monoisotopic (exact) mass is 449 g/mol. The molecule has 5 rings (SSSR count). The minimum absolute atomic E-state index is 0.0226. The Kier molecular flexibility index (Phi) is 5.14. The van der Waals surface area contributed by atoms with Gasteiger partial charge in [0.05, 0.1) is 16.2 Å². The molecule has 0 saturated carbocycles. The van der Waals surface area contributed by atoms with Crippen LogP contribution < -0.4 is 0 Å². The molecule has 0 radical (unpaired) electrons. The number of thioether (sulfide) groups is 1. The smallest absolute Gasteiger partial charge is 0.269 e. The first-order chi connectivity index (χ1) is 15.5. The molecule has 2 aromatic carbocycles. The van der Waals surface area contributed by atoms with Crippen LogP contribution in [-0.4, -0.2) is 30.3 Å². The summed E-state index contributed by atoms with van der Waals surface area (Å²) in [5.74, 6) is 0.566. The van der Waals surface area contributed by atoms with E-state index >= 15 is 0 Å². The van der Waals surface area contributed by atoms with Crippen molar-refractivity contribution in [2.45, 2.75) is 29.7 Å². The maximum atomic E-state index is 13.2. The quantitative estimate of drug-likeness (QED) is 0.253. The predicted octanol–water partition coefficient (Wildman–Crippen LogP) is 4.38. The molecule has 4 aromatic rings. The van der Waals surface area contributed by atoms with Crippen LogP contribution in [0.4, 0.5) is 10.1 Å². The van der Waals surface area contributed by atoms with Crippen molar-refractivity contribution < 1.29 is 14.1 Å².